The molecule has 1 N–H and O–H groups in total. The van der Waals surface area contributed by atoms with Gasteiger partial charge in [-0.1, -0.05) is 30.7 Å². The molecular weight excluding hydrogens is 410 g/mol. The third-order valence-electron chi connectivity index (χ3n) is 5.84. The molecule has 7 heteroatoms. The van der Waals surface area contributed by atoms with Crippen molar-refractivity contribution in [3.05, 3.63) is 78.0 Å². The average molecular weight is 431 g/mol. The van der Waals surface area contributed by atoms with Crippen molar-refractivity contribution in [2.24, 2.45) is 5.92 Å². The molecule has 2 unspecified atom stereocenters. The Labute approximate surface area is 177 Å². The predicted molar refractivity (Wildman–Crippen MR) is 109 cm³/mol. The van der Waals surface area contributed by atoms with Gasteiger partial charge in [0, 0.05) is 11.5 Å². The Balaban J connectivity index is 1.42. The van der Waals surface area contributed by atoms with Gasteiger partial charge in [-0.25, -0.2) is 4.39 Å². The molecule has 3 nitrogen and oxygen atoms in total. The van der Waals surface area contributed by atoms with Gasteiger partial charge in [-0.05, 0) is 60.6 Å². The third kappa shape index (κ3) is 4.81. The normalized spacial score (nSPS) is 19.2. The SMILES string of the molecule is O=C(Nc1ccc(C(F)(F)F)cc1F)C1CCCC(c2ccc(-c3ccoc3)cc2)C1. The molecule has 1 aromatic heterocycles. The van der Waals surface area contributed by atoms with Crippen LogP contribution < -0.4 is 5.32 Å². The summed E-state index contributed by atoms with van der Waals surface area (Å²) in [4.78, 5) is 12.7. The van der Waals surface area contributed by atoms with E-state index in [-0.39, 0.29) is 23.4 Å². The summed E-state index contributed by atoms with van der Waals surface area (Å²) < 4.78 is 57.3. The molecule has 1 saturated carbocycles. The Morgan fingerprint density at radius 1 is 1.00 bits per heavy atom. The smallest absolute Gasteiger partial charge is 0.416 e. The number of nitrogens with one attached hydrogen (secondary N) is 1. The predicted octanol–water partition coefficient (Wildman–Crippen LogP) is 7.02. The number of benzene rings is 2. The molecule has 1 fully saturated rings. The topological polar surface area (TPSA) is 42.2 Å². The molecule has 0 radical (unpaired) electrons. The average Bonchev–Trinajstić information content (AvgIpc) is 3.29. The lowest BCUT2D eigenvalue weighted by molar-refractivity contribution is -0.137. The molecule has 0 aliphatic heterocycles. The first-order valence-electron chi connectivity index (χ1n) is 10.1. The van der Waals surface area contributed by atoms with Crippen LogP contribution in [-0.4, -0.2) is 5.91 Å². The zero-order chi connectivity index (χ0) is 22.0. The van der Waals surface area contributed by atoms with Crippen LogP contribution >= 0.6 is 0 Å². The van der Waals surface area contributed by atoms with E-state index in [1.807, 2.05) is 30.3 Å². The summed E-state index contributed by atoms with van der Waals surface area (Å²) in [6, 6.07) is 12.1. The van der Waals surface area contributed by atoms with Gasteiger partial charge in [0.1, 0.15) is 5.82 Å². The van der Waals surface area contributed by atoms with E-state index in [2.05, 4.69) is 5.32 Å². The van der Waals surface area contributed by atoms with Crippen molar-refractivity contribution in [1.82, 2.24) is 0 Å². The number of hydrogen-bond donors (Lipinski definition) is 1. The summed E-state index contributed by atoms with van der Waals surface area (Å²) in [5, 5.41) is 2.47. The Bertz CT molecular complexity index is 1040. The molecule has 2 aromatic carbocycles. The molecule has 1 aliphatic carbocycles. The Morgan fingerprint density at radius 2 is 1.77 bits per heavy atom. The third-order valence-corrected chi connectivity index (χ3v) is 5.84. The van der Waals surface area contributed by atoms with E-state index in [1.165, 1.54) is 0 Å². The van der Waals surface area contributed by atoms with Crippen molar-refractivity contribution in [3.63, 3.8) is 0 Å². The largest absolute Gasteiger partial charge is 0.472 e. The number of rotatable bonds is 4. The zero-order valence-electron chi connectivity index (χ0n) is 16.6. The molecular formula is C24H21F4NO2. The first kappa shape index (κ1) is 21.2. The highest BCUT2D eigenvalue weighted by Crippen LogP contribution is 2.38. The number of amides is 1. The molecule has 1 amide bonds. The summed E-state index contributed by atoms with van der Waals surface area (Å²) in [6.45, 7) is 0. The molecule has 0 bridgehead atoms. The number of carbonyl (C=O) groups is 1. The maximum atomic E-state index is 14.1. The van der Waals surface area contributed by atoms with Gasteiger partial charge in [0.05, 0.1) is 23.8 Å². The van der Waals surface area contributed by atoms with E-state index in [0.717, 1.165) is 41.7 Å². The van der Waals surface area contributed by atoms with E-state index in [0.29, 0.717) is 18.9 Å². The van der Waals surface area contributed by atoms with Crippen molar-refractivity contribution >= 4 is 11.6 Å². The minimum atomic E-state index is -4.63. The van der Waals surface area contributed by atoms with Crippen LogP contribution in [-0.2, 0) is 11.0 Å². The molecule has 0 saturated heterocycles. The minimum absolute atomic E-state index is 0.195. The van der Waals surface area contributed by atoms with E-state index in [1.54, 1.807) is 12.5 Å². The number of hydrogen-bond acceptors (Lipinski definition) is 2. The zero-order valence-corrected chi connectivity index (χ0v) is 16.6. The second kappa shape index (κ2) is 8.57. The van der Waals surface area contributed by atoms with Gasteiger partial charge in [0.25, 0.3) is 0 Å². The number of furan rings is 1. The summed E-state index contributed by atoms with van der Waals surface area (Å²) in [5.41, 5.74) is 1.85. The van der Waals surface area contributed by atoms with E-state index < -0.39 is 17.6 Å². The molecule has 162 valence electrons. The quantitative estimate of drug-likeness (QED) is 0.451. The van der Waals surface area contributed by atoms with Gasteiger partial charge in [0.2, 0.25) is 5.91 Å². The first-order chi connectivity index (χ1) is 14.8. The first-order valence-corrected chi connectivity index (χ1v) is 10.1. The Kier molecular flexibility index (Phi) is 5.85. The highest BCUT2D eigenvalue weighted by Gasteiger charge is 2.32. The molecule has 1 heterocycles. The van der Waals surface area contributed by atoms with Crippen LogP contribution in [0.25, 0.3) is 11.1 Å². The van der Waals surface area contributed by atoms with Crippen molar-refractivity contribution in [2.75, 3.05) is 5.32 Å². The number of halogens is 4. The van der Waals surface area contributed by atoms with Gasteiger partial charge >= 0.3 is 6.18 Å². The highest BCUT2D eigenvalue weighted by molar-refractivity contribution is 5.92. The number of carbonyl (C=O) groups excluding carboxylic acids is 1. The monoisotopic (exact) mass is 431 g/mol. The van der Waals surface area contributed by atoms with Crippen LogP contribution in [0, 0.1) is 11.7 Å². The lowest BCUT2D eigenvalue weighted by Crippen LogP contribution is -2.28. The van der Waals surface area contributed by atoms with Crippen LogP contribution in [0.15, 0.2) is 65.5 Å². The lowest BCUT2D eigenvalue weighted by atomic mass is 9.77. The van der Waals surface area contributed by atoms with Gasteiger partial charge in [-0.15, -0.1) is 0 Å². The van der Waals surface area contributed by atoms with Crippen molar-refractivity contribution in [3.8, 4) is 11.1 Å². The minimum Gasteiger partial charge on any atom is -0.472 e. The van der Waals surface area contributed by atoms with Gasteiger partial charge in [-0.2, -0.15) is 13.2 Å². The summed E-state index contributed by atoms with van der Waals surface area (Å²) in [6.07, 6.45) is 1.73. The van der Waals surface area contributed by atoms with Gasteiger partial charge in [-0.3, -0.25) is 4.79 Å². The van der Waals surface area contributed by atoms with Crippen LogP contribution in [0.5, 0.6) is 0 Å². The van der Waals surface area contributed by atoms with Crippen LogP contribution in [0.2, 0.25) is 0 Å². The fourth-order valence-corrected chi connectivity index (χ4v) is 4.13. The lowest BCUT2D eigenvalue weighted by Gasteiger charge is -2.29. The molecule has 2 atom stereocenters. The van der Waals surface area contributed by atoms with Crippen LogP contribution in [0.1, 0.15) is 42.7 Å². The molecule has 3 aromatic rings. The number of anilines is 1. The Morgan fingerprint density at radius 3 is 2.42 bits per heavy atom. The van der Waals surface area contributed by atoms with Crippen molar-refractivity contribution < 1.29 is 26.8 Å². The van der Waals surface area contributed by atoms with Crippen molar-refractivity contribution in [2.45, 2.75) is 37.8 Å². The summed E-state index contributed by atoms with van der Waals surface area (Å²) in [5.74, 6) is -1.59. The van der Waals surface area contributed by atoms with Crippen LogP contribution in [0.4, 0.5) is 23.2 Å². The Hall–Kier alpha value is -3.09. The molecule has 31 heavy (non-hydrogen) atoms. The van der Waals surface area contributed by atoms with Gasteiger partial charge < -0.3 is 9.73 Å². The molecule has 0 spiro atoms. The van der Waals surface area contributed by atoms with E-state index >= 15 is 0 Å². The molecule has 1 aliphatic rings. The van der Waals surface area contributed by atoms with Crippen LogP contribution in [0.3, 0.4) is 0 Å². The van der Waals surface area contributed by atoms with E-state index in [4.69, 9.17) is 4.42 Å². The second-order valence-corrected chi connectivity index (χ2v) is 7.88. The maximum Gasteiger partial charge on any atom is 0.416 e. The summed E-state index contributed by atoms with van der Waals surface area (Å²) >= 11 is 0. The maximum absolute atomic E-state index is 14.1. The van der Waals surface area contributed by atoms with Crippen molar-refractivity contribution in [1.29, 1.82) is 0 Å². The second-order valence-electron chi connectivity index (χ2n) is 7.88. The van der Waals surface area contributed by atoms with E-state index in [9.17, 15) is 22.4 Å². The number of alkyl halides is 3. The van der Waals surface area contributed by atoms with Gasteiger partial charge in [0.15, 0.2) is 0 Å². The fraction of sp³-hybridized carbons (Fsp3) is 0.292. The fourth-order valence-electron chi connectivity index (χ4n) is 4.13. The highest BCUT2D eigenvalue weighted by atomic mass is 19.4. The summed E-state index contributed by atoms with van der Waals surface area (Å²) in [7, 11) is 0. The standard InChI is InChI=1S/C24H21F4NO2/c25-21-13-20(24(26,27)28)8-9-22(21)29-23(30)18-3-1-2-17(12-18)15-4-6-16(7-5-15)19-10-11-31-14-19/h4-11,13-14,17-18H,1-3,12H2,(H,29,30). The molecule has 4 rings (SSSR count).